The number of anilines is 1. The van der Waals surface area contributed by atoms with Crippen LogP contribution in [-0.2, 0) is 22.7 Å². The van der Waals surface area contributed by atoms with Crippen LogP contribution in [0.25, 0.3) is 0 Å². The van der Waals surface area contributed by atoms with Crippen LogP contribution >= 0.6 is 11.8 Å². The molecule has 0 spiro atoms. The first-order chi connectivity index (χ1) is 14.2. The van der Waals surface area contributed by atoms with Crippen molar-refractivity contribution >= 4 is 29.3 Å². The number of benzene rings is 2. The molecule has 4 rings (SSSR count). The number of hydrogen-bond acceptors (Lipinski definition) is 3. The Morgan fingerprint density at radius 3 is 2.55 bits per heavy atom. The number of likely N-dealkylation sites (tertiary alicyclic amines) is 1. The molecule has 152 valence electrons. The van der Waals surface area contributed by atoms with Crippen molar-refractivity contribution in [3.05, 3.63) is 59.7 Å². The fourth-order valence-electron chi connectivity index (χ4n) is 3.96. The highest BCUT2D eigenvalue weighted by molar-refractivity contribution is 8.01. The molecule has 0 aromatic heterocycles. The van der Waals surface area contributed by atoms with Gasteiger partial charge in [0, 0.05) is 23.4 Å². The molecule has 0 bridgehead atoms. The second kappa shape index (κ2) is 9.46. The molecule has 1 saturated heterocycles. The second-order valence-electron chi connectivity index (χ2n) is 7.88. The minimum atomic E-state index is -0.389. The van der Waals surface area contributed by atoms with E-state index in [0.29, 0.717) is 6.54 Å². The van der Waals surface area contributed by atoms with Gasteiger partial charge in [0.2, 0.25) is 11.8 Å². The zero-order chi connectivity index (χ0) is 20.1. The Bertz CT molecular complexity index is 863. The van der Waals surface area contributed by atoms with E-state index in [1.165, 1.54) is 49.7 Å². The molecule has 2 amide bonds. The molecule has 1 fully saturated rings. The molecule has 29 heavy (non-hydrogen) atoms. The summed E-state index contributed by atoms with van der Waals surface area (Å²) in [7, 11) is 0. The van der Waals surface area contributed by atoms with E-state index in [0.717, 1.165) is 22.7 Å². The zero-order valence-electron chi connectivity index (χ0n) is 16.6. The number of amides is 2. The minimum Gasteiger partial charge on any atom is -0.352 e. The van der Waals surface area contributed by atoms with E-state index in [1.807, 2.05) is 24.3 Å². The molecule has 5 nitrogen and oxygen atoms in total. The minimum absolute atomic E-state index is 0.0983. The van der Waals surface area contributed by atoms with Crippen molar-refractivity contribution < 1.29 is 14.5 Å². The van der Waals surface area contributed by atoms with E-state index < -0.39 is 0 Å². The van der Waals surface area contributed by atoms with Gasteiger partial charge in [-0.25, -0.2) is 0 Å². The normalized spacial score (nSPS) is 19.3. The molecule has 6 heteroatoms. The molecule has 1 atom stereocenters. The number of rotatable bonds is 6. The molecule has 0 unspecified atom stereocenters. The number of thioether (sulfide) groups is 1. The maximum absolute atomic E-state index is 12.4. The zero-order valence-corrected chi connectivity index (χ0v) is 17.4. The number of para-hydroxylation sites is 1. The van der Waals surface area contributed by atoms with Crippen LogP contribution in [0.15, 0.2) is 53.4 Å². The maximum Gasteiger partial charge on any atom is 0.238 e. The smallest absolute Gasteiger partial charge is 0.238 e. The van der Waals surface area contributed by atoms with Gasteiger partial charge >= 0.3 is 0 Å². The van der Waals surface area contributed by atoms with Gasteiger partial charge in [0.1, 0.15) is 6.54 Å². The SMILES string of the molecule is O=C(C[C@H]1Sc2ccccc2NC1=O)NCc1ccc(C[NH+]2CCCCC2)cc1. The lowest BCUT2D eigenvalue weighted by molar-refractivity contribution is -0.918. The summed E-state index contributed by atoms with van der Waals surface area (Å²) in [6.07, 6.45) is 4.22. The van der Waals surface area contributed by atoms with Gasteiger partial charge in [-0.1, -0.05) is 36.4 Å². The molecule has 2 heterocycles. The Hall–Kier alpha value is -2.31. The first-order valence-corrected chi connectivity index (χ1v) is 11.3. The van der Waals surface area contributed by atoms with Crippen molar-refractivity contribution in [2.24, 2.45) is 0 Å². The first kappa shape index (κ1) is 20.0. The summed E-state index contributed by atoms with van der Waals surface area (Å²) in [5.41, 5.74) is 3.26. The van der Waals surface area contributed by atoms with Gasteiger partial charge < -0.3 is 15.5 Å². The standard InChI is InChI=1S/C23H27N3O2S/c27-22(14-21-23(28)25-19-6-2-3-7-20(19)29-21)24-15-17-8-10-18(11-9-17)16-26-12-4-1-5-13-26/h2-3,6-11,21H,1,4-5,12-16H2,(H,24,27)(H,25,28)/p+1/t21-/m1/s1. The Morgan fingerprint density at radius 2 is 1.76 bits per heavy atom. The van der Waals surface area contributed by atoms with Gasteiger partial charge in [0.15, 0.2) is 0 Å². The molecule has 2 aromatic rings. The summed E-state index contributed by atoms with van der Waals surface area (Å²) in [6.45, 7) is 4.12. The monoisotopic (exact) mass is 410 g/mol. The average Bonchev–Trinajstić information content (AvgIpc) is 2.74. The van der Waals surface area contributed by atoms with Crippen LogP contribution in [0.2, 0.25) is 0 Å². The molecule has 0 aliphatic carbocycles. The van der Waals surface area contributed by atoms with Gasteiger partial charge in [0.05, 0.1) is 24.0 Å². The van der Waals surface area contributed by atoms with Crippen LogP contribution in [0.3, 0.4) is 0 Å². The molecule has 3 N–H and O–H groups in total. The third kappa shape index (κ3) is 5.40. The summed E-state index contributed by atoms with van der Waals surface area (Å²) in [5.74, 6) is -0.202. The maximum atomic E-state index is 12.4. The number of piperidine rings is 1. The predicted octanol–water partition coefficient (Wildman–Crippen LogP) is 2.37. The summed E-state index contributed by atoms with van der Waals surface area (Å²) in [6, 6.07) is 16.2. The fourth-order valence-corrected chi connectivity index (χ4v) is 5.07. The number of hydrogen-bond donors (Lipinski definition) is 3. The highest BCUT2D eigenvalue weighted by atomic mass is 32.2. The summed E-state index contributed by atoms with van der Waals surface area (Å²) in [4.78, 5) is 27.3. The number of carbonyl (C=O) groups excluding carboxylic acids is 2. The van der Waals surface area contributed by atoms with Crippen molar-refractivity contribution in [3.8, 4) is 0 Å². The van der Waals surface area contributed by atoms with E-state index in [9.17, 15) is 9.59 Å². The van der Waals surface area contributed by atoms with Crippen LogP contribution in [0.4, 0.5) is 5.69 Å². The van der Waals surface area contributed by atoms with E-state index in [4.69, 9.17) is 0 Å². The van der Waals surface area contributed by atoms with E-state index >= 15 is 0 Å². The molecule has 0 radical (unpaired) electrons. The van der Waals surface area contributed by atoms with Crippen molar-refractivity contribution in [3.63, 3.8) is 0 Å². The van der Waals surface area contributed by atoms with Crippen molar-refractivity contribution in [2.45, 2.75) is 48.9 Å². The Kier molecular flexibility index (Phi) is 6.52. The van der Waals surface area contributed by atoms with E-state index in [1.54, 1.807) is 4.90 Å². The molecular weight excluding hydrogens is 382 g/mol. The van der Waals surface area contributed by atoms with Crippen LogP contribution in [-0.4, -0.2) is 30.2 Å². The summed E-state index contributed by atoms with van der Waals surface area (Å²) >= 11 is 1.46. The Balaban J connectivity index is 1.25. The van der Waals surface area contributed by atoms with Crippen molar-refractivity contribution in [2.75, 3.05) is 18.4 Å². The van der Waals surface area contributed by atoms with Gasteiger partial charge in [-0.2, -0.15) is 0 Å². The number of quaternary nitrogens is 1. The highest BCUT2D eigenvalue weighted by Gasteiger charge is 2.28. The third-order valence-corrected chi connectivity index (χ3v) is 6.88. The van der Waals surface area contributed by atoms with Crippen molar-refractivity contribution in [1.29, 1.82) is 0 Å². The lowest BCUT2D eigenvalue weighted by Crippen LogP contribution is -3.11. The first-order valence-electron chi connectivity index (χ1n) is 10.4. The predicted molar refractivity (Wildman–Crippen MR) is 116 cm³/mol. The quantitative estimate of drug-likeness (QED) is 0.685. The lowest BCUT2D eigenvalue weighted by Gasteiger charge is -2.23. The third-order valence-electron chi connectivity index (χ3n) is 5.60. The molecular formula is C23H28N3O2S+. The molecule has 2 aliphatic heterocycles. The highest BCUT2D eigenvalue weighted by Crippen LogP contribution is 2.36. The molecule has 2 aromatic carbocycles. The van der Waals surface area contributed by atoms with Gasteiger partial charge in [-0.15, -0.1) is 11.8 Å². The van der Waals surface area contributed by atoms with Crippen LogP contribution in [0.5, 0.6) is 0 Å². The van der Waals surface area contributed by atoms with Gasteiger partial charge in [-0.05, 0) is 37.0 Å². The lowest BCUT2D eigenvalue weighted by atomic mass is 10.1. The Morgan fingerprint density at radius 1 is 1.03 bits per heavy atom. The second-order valence-corrected chi connectivity index (χ2v) is 9.12. The molecule has 2 aliphatic rings. The number of carbonyl (C=O) groups is 2. The van der Waals surface area contributed by atoms with Crippen LogP contribution < -0.4 is 15.5 Å². The van der Waals surface area contributed by atoms with E-state index in [2.05, 4.69) is 34.9 Å². The van der Waals surface area contributed by atoms with E-state index in [-0.39, 0.29) is 23.5 Å². The Labute approximate surface area is 176 Å². The van der Waals surface area contributed by atoms with Gasteiger partial charge in [0.25, 0.3) is 0 Å². The summed E-state index contributed by atoms with van der Waals surface area (Å²) in [5, 5.41) is 5.45. The van der Waals surface area contributed by atoms with Crippen LogP contribution in [0.1, 0.15) is 36.8 Å². The summed E-state index contributed by atoms with van der Waals surface area (Å²) < 4.78 is 0. The largest absolute Gasteiger partial charge is 0.352 e. The molecule has 0 saturated carbocycles. The number of nitrogens with one attached hydrogen (secondary N) is 3. The van der Waals surface area contributed by atoms with Crippen LogP contribution in [0, 0.1) is 0 Å². The number of fused-ring (bicyclic) bond motifs is 1. The van der Waals surface area contributed by atoms with Gasteiger partial charge in [-0.3, -0.25) is 9.59 Å². The fraction of sp³-hybridized carbons (Fsp3) is 0.391. The topological polar surface area (TPSA) is 62.6 Å². The van der Waals surface area contributed by atoms with Crippen molar-refractivity contribution in [1.82, 2.24) is 5.32 Å². The average molecular weight is 411 g/mol.